The lowest BCUT2D eigenvalue weighted by molar-refractivity contribution is -0.148. The Hall–Kier alpha value is -3.11. The Balaban J connectivity index is 1.74. The van der Waals surface area contributed by atoms with Crippen molar-refractivity contribution < 1.29 is 32.2 Å². The number of anilines is 1. The van der Waals surface area contributed by atoms with Gasteiger partial charge >= 0.3 is 5.97 Å². The molecule has 0 aromatic heterocycles. The highest BCUT2D eigenvalue weighted by Gasteiger charge is 2.36. The average molecular weight is 461 g/mol. The number of benzene rings is 2. The fourth-order valence-corrected chi connectivity index (χ4v) is 5.61. The van der Waals surface area contributed by atoms with Gasteiger partial charge in [0.05, 0.1) is 26.5 Å². The van der Waals surface area contributed by atoms with Crippen molar-refractivity contribution in [3.05, 3.63) is 48.0 Å². The first-order valence-corrected chi connectivity index (χ1v) is 11.6. The fraction of sp³-hybridized carbons (Fsp3) is 0.364. The monoisotopic (exact) mass is 460 g/mol. The molecule has 1 saturated heterocycles. The van der Waals surface area contributed by atoms with Gasteiger partial charge in [0, 0.05) is 18.7 Å². The van der Waals surface area contributed by atoms with E-state index in [4.69, 9.17) is 14.2 Å². The summed E-state index contributed by atoms with van der Waals surface area (Å²) >= 11 is 0. The van der Waals surface area contributed by atoms with Crippen LogP contribution in [-0.4, -0.2) is 64.6 Å². The molecule has 2 aliphatic heterocycles. The van der Waals surface area contributed by atoms with Gasteiger partial charge in [0.25, 0.3) is 5.91 Å². The molecule has 2 aromatic rings. The van der Waals surface area contributed by atoms with Gasteiger partial charge in [-0.2, -0.15) is 4.31 Å². The third-order valence-electron chi connectivity index (χ3n) is 5.58. The molecule has 0 saturated carbocycles. The maximum absolute atomic E-state index is 13.5. The molecule has 0 aliphatic carbocycles. The third kappa shape index (κ3) is 3.91. The topological polar surface area (TPSA) is 102 Å². The van der Waals surface area contributed by atoms with E-state index in [1.165, 1.54) is 41.6 Å². The Labute approximate surface area is 186 Å². The zero-order valence-electron chi connectivity index (χ0n) is 17.8. The Kier molecular flexibility index (Phi) is 6.07. The van der Waals surface area contributed by atoms with Crippen molar-refractivity contribution in [1.29, 1.82) is 0 Å². The highest BCUT2D eigenvalue weighted by atomic mass is 32.2. The molecule has 10 heteroatoms. The van der Waals surface area contributed by atoms with Gasteiger partial charge < -0.3 is 19.1 Å². The number of sulfonamides is 1. The Morgan fingerprint density at radius 1 is 1.06 bits per heavy atom. The van der Waals surface area contributed by atoms with Gasteiger partial charge in [-0.25, -0.2) is 13.2 Å². The number of ether oxygens (including phenoxy) is 3. The van der Waals surface area contributed by atoms with Crippen LogP contribution in [0.3, 0.4) is 0 Å². The van der Waals surface area contributed by atoms with Gasteiger partial charge in [0.15, 0.2) is 0 Å². The van der Waals surface area contributed by atoms with Crippen molar-refractivity contribution in [3.8, 4) is 11.5 Å². The number of fused-ring (bicyclic) bond motifs is 1. The molecule has 0 radical (unpaired) electrons. The van der Waals surface area contributed by atoms with Crippen molar-refractivity contribution in [2.75, 3.05) is 38.8 Å². The Morgan fingerprint density at radius 3 is 2.47 bits per heavy atom. The van der Waals surface area contributed by atoms with Crippen LogP contribution in [0, 0.1) is 0 Å². The molecule has 2 aromatic carbocycles. The number of hydrogen-bond donors (Lipinski definition) is 0. The molecular weight excluding hydrogens is 436 g/mol. The molecule has 170 valence electrons. The van der Waals surface area contributed by atoms with Crippen LogP contribution in [-0.2, 0) is 19.6 Å². The van der Waals surface area contributed by atoms with Crippen LogP contribution < -0.4 is 14.4 Å². The zero-order valence-corrected chi connectivity index (χ0v) is 18.6. The summed E-state index contributed by atoms with van der Waals surface area (Å²) in [5.41, 5.74) is 0.640. The van der Waals surface area contributed by atoms with Crippen LogP contribution in [0.1, 0.15) is 23.2 Å². The minimum absolute atomic E-state index is 0.0567. The standard InChI is InChI=1S/C22H24N2O7S/c1-29-18-10-9-15(13-20(18)32(27,28)23-11-5-6-12-23)21(25)24-14-19(22(26)30-2)31-17-8-4-3-7-16(17)24/h3-4,7-10,13,19H,5-6,11-12,14H2,1-2H3/t19-/m0/s1. The molecule has 1 fully saturated rings. The lowest BCUT2D eigenvalue weighted by Gasteiger charge is -2.33. The molecule has 1 amide bonds. The molecule has 0 N–H and O–H groups in total. The number of nitrogens with zero attached hydrogens (tertiary/aromatic N) is 2. The fourth-order valence-electron chi connectivity index (χ4n) is 3.92. The van der Waals surface area contributed by atoms with Gasteiger partial charge in [-0.1, -0.05) is 12.1 Å². The second-order valence-corrected chi connectivity index (χ2v) is 9.40. The summed E-state index contributed by atoms with van der Waals surface area (Å²) in [6.07, 6.45) is 0.587. The summed E-state index contributed by atoms with van der Waals surface area (Å²) in [4.78, 5) is 26.9. The molecular formula is C22H24N2O7S. The Morgan fingerprint density at radius 2 is 1.78 bits per heavy atom. The maximum Gasteiger partial charge on any atom is 0.348 e. The van der Waals surface area contributed by atoms with E-state index in [9.17, 15) is 18.0 Å². The molecule has 32 heavy (non-hydrogen) atoms. The average Bonchev–Trinajstić information content (AvgIpc) is 3.38. The van der Waals surface area contributed by atoms with Crippen LogP contribution in [0.4, 0.5) is 5.69 Å². The first-order chi connectivity index (χ1) is 15.4. The normalized spacial score (nSPS) is 18.6. The highest BCUT2D eigenvalue weighted by Crippen LogP contribution is 2.36. The van der Waals surface area contributed by atoms with E-state index in [1.54, 1.807) is 24.3 Å². The van der Waals surface area contributed by atoms with Crippen LogP contribution in [0.5, 0.6) is 11.5 Å². The van der Waals surface area contributed by atoms with E-state index >= 15 is 0 Å². The Bertz CT molecular complexity index is 1140. The molecule has 0 unspecified atom stereocenters. The van der Waals surface area contributed by atoms with Crippen LogP contribution in [0.15, 0.2) is 47.4 Å². The quantitative estimate of drug-likeness (QED) is 0.630. The highest BCUT2D eigenvalue weighted by molar-refractivity contribution is 7.89. The van der Waals surface area contributed by atoms with Crippen LogP contribution in [0.25, 0.3) is 0 Å². The molecule has 1 atom stereocenters. The van der Waals surface area contributed by atoms with Gasteiger partial charge in [-0.3, -0.25) is 4.79 Å². The van der Waals surface area contributed by atoms with E-state index in [0.717, 1.165) is 12.8 Å². The zero-order chi connectivity index (χ0) is 22.9. The first-order valence-electron chi connectivity index (χ1n) is 10.2. The van der Waals surface area contributed by atoms with Crippen molar-refractivity contribution in [3.63, 3.8) is 0 Å². The number of carbonyl (C=O) groups excluding carboxylic acids is 2. The molecule has 0 bridgehead atoms. The summed E-state index contributed by atoms with van der Waals surface area (Å²) in [6, 6.07) is 11.2. The minimum Gasteiger partial charge on any atom is -0.495 e. The number of hydrogen-bond acceptors (Lipinski definition) is 7. The maximum atomic E-state index is 13.5. The summed E-state index contributed by atoms with van der Waals surface area (Å²) in [5, 5.41) is 0. The van der Waals surface area contributed by atoms with Crippen molar-refractivity contribution in [2.45, 2.75) is 23.8 Å². The molecule has 4 rings (SSSR count). The minimum atomic E-state index is -3.82. The van der Waals surface area contributed by atoms with Crippen molar-refractivity contribution in [1.82, 2.24) is 4.31 Å². The van der Waals surface area contributed by atoms with Gasteiger partial charge in [0.2, 0.25) is 16.1 Å². The van der Waals surface area contributed by atoms with E-state index in [2.05, 4.69) is 0 Å². The number of amides is 1. The summed E-state index contributed by atoms with van der Waals surface area (Å²) in [7, 11) is -1.18. The summed E-state index contributed by atoms with van der Waals surface area (Å²) in [6.45, 7) is 0.797. The number of carbonyl (C=O) groups is 2. The van der Waals surface area contributed by atoms with E-state index in [1.807, 2.05) is 0 Å². The molecule has 9 nitrogen and oxygen atoms in total. The molecule has 2 aliphatic rings. The van der Waals surface area contributed by atoms with Crippen LogP contribution >= 0.6 is 0 Å². The lowest BCUT2D eigenvalue weighted by Crippen LogP contribution is -2.47. The number of para-hydroxylation sites is 2. The van der Waals surface area contributed by atoms with E-state index < -0.39 is 28.0 Å². The van der Waals surface area contributed by atoms with E-state index in [0.29, 0.717) is 24.5 Å². The second-order valence-electron chi connectivity index (χ2n) is 7.49. The van der Waals surface area contributed by atoms with Crippen molar-refractivity contribution >= 4 is 27.6 Å². The first kappa shape index (κ1) is 22.1. The predicted octanol–water partition coefficient (Wildman–Crippen LogP) is 2.06. The predicted molar refractivity (Wildman–Crippen MR) is 116 cm³/mol. The summed E-state index contributed by atoms with van der Waals surface area (Å²) in [5.74, 6) is -0.538. The summed E-state index contributed by atoms with van der Waals surface area (Å²) < 4.78 is 43.5. The molecule has 2 heterocycles. The smallest absolute Gasteiger partial charge is 0.348 e. The van der Waals surface area contributed by atoms with Gasteiger partial charge in [0.1, 0.15) is 16.4 Å². The van der Waals surface area contributed by atoms with Gasteiger partial charge in [-0.05, 0) is 43.2 Å². The number of rotatable bonds is 5. The number of esters is 1. The number of methoxy groups -OCH3 is 2. The second kappa shape index (κ2) is 8.79. The largest absolute Gasteiger partial charge is 0.495 e. The van der Waals surface area contributed by atoms with E-state index in [-0.39, 0.29) is 22.8 Å². The van der Waals surface area contributed by atoms with Crippen molar-refractivity contribution in [2.24, 2.45) is 0 Å². The lowest BCUT2D eigenvalue weighted by atomic mass is 10.1. The molecule has 0 spiro atoms. The SMILES string of the molecule is COC(=O)[C@@H]1CN(C(=O)c2ccc(OC)c(S(=O)(=O)N3CCCC3)c2)c2ccccc2O1. The van der Waals surface area contributed by atoms with Gasteiger partial charge in [-0.15, -0.1) is 0 Å². The third-order valence-corrected chi connectivity index (χ3v) is 7.50. The van der Waals surface area contributed by atoms with Crippen LogP contribution in [0.2, 0.25) is 0 Å².